The second-order valence-corrected chi connectivity index (χ2v) is 6.56. The van der Waals surface area contributed by atoms with Crippen molar-refractivity contribution in [3.63, 3.8) is 0 Å². The van der Waals surface area contributed by atoms with Gasteiger partial charge < -0.3 is 9.84 Å². The molecule has 20 heavy (non-hydrogen) atoms. The molecular weight excluding hydrogens is 282 g/mol. The molecule has 0 atom stereocenters. The van der Waals surface area contributed by atoms with E-state index in [1.54, 1.807) is 7.11 Å². The van der Waals surface area contributed by atoms with Gasteiger partial charge in [0.25, 0.3) is 0 Å². The molecule has 0 radical (unpaired) electrons. The van der Waals surface area contributed by atoms with Crippen LogP contribution in [0.4, 0.5) is 0 Å². The Hall–Kier alpha value is -1.44. The fraction of sp³-hybridized carbons (Fsp3) is 0.462. The summed E-state index contributed by atoms with van der Waals surface area (Å²) in [6.45, 7) is 1.50. The van der Waals surface area contributed by atoms with Gasteiger partial charge in [0.2, 0.25) is 10.0 Å². The Labute approximate surface area is 117 Å². The third-order valence-electron chi connectivity index (χ3n) is 3.55. The maximum Gasteiger partial charge on any atom is 0.335 e. The molecule has 0 saturated heterocycles. The van der Waals surface area contributed by atoms with E-state index in [-0.39, 0.29) is 28.2 Å². The van der Waals surface area contributed by atoms with Gasteiger partial charge in [-0.25, -0.2) is 17.9 Å². The SMILES string of the molecule is COC1CC(NS(=O)(=O)c2cccc(C(=O)O)c2C)C1. The molecule has 0 bridgehead atoms. The lowest BCUT2D eigenvalue weighted by atomic mass is 9.90. The van der Waals surface area contributed by atoms with E-state index in [9.17, 15) is 13.2 Å². The number of ether oxygens (including phenoxy) is 1. The van der Waals surface area contributed by atoms with E-state index in [1.165, 1.54) is 25.1 Å². The lowest BCUT2D eigenvalue weighted by Gasteiger charge is -2.34. The van der Waals surface area contributed by atoms with Gasteiger partial charge in [0.05, 0.1) is 16.6 Å². The number of nitrogens with one attached hydrogen (secondary N) is 1. The van der Waals surface area contributed by atoms with Crippen LogP contribution in [-0.2, 0) is 14.8 Å². The Kier molecular flexibility index (Phi) is 4.12. The normalized spacial score (nSPS) is 22.3. The van der Waals surface area contributed by atoms with Crippen molar-refractivity contribution in [2.45, 2.75) is 36.8 Å². The number of carbonyl (C=O) groups is 1. The predicted molar refractivity (Wildman–Crippen MR) is 72.3 cm³/mol. The summed E-state index contributed by atoms with van der Waals surface area (Å²) < 4.78 is 32.2. The van der Waals surface area contributed by atoms with Gasteiger partial charge in [-0.15, -0.1) is 0 Å². The largest absolute Gasteiger partial charge is 0.478 e. The minimum Gasteiger partial charge on any atom is -0.478 e. The van der Waals surface area contributed by atoms with Gasteiger partial charge >= 0.3 is 5.97 Å². The molecule has 6 nitrogen and oxygen atoms in total. The maximum atomic E-state index is 12.3. The highest BCUT2D eigenvalue weighted by Crippen LogP contribution is 2.26. The van der Waals surface area contributed by atoms with E-state index >= 15 is 0 Å². The second-order valence-electron chi connectivity index (χ2n) is 4.88. The van der Waals surface area contributed by atoms with Gasteiger partial charge in [-0.1, -0.05) is 6.07 Å². The van der Waals surface area contributed by atoms with Gasteiger partial charge in [-0.3, -0.25) is 0 Å². The lowest BCUT2D eigenvalue weighted by molar-refractivity contribution is 0.0236. The first-order chi connectivity index (χ1) is 9.35. The number of rotatable bonds is 5. The molecule has 1 aromatic carbocycles. The molecule has 0 unspecified atom stereocenters. The number of hydrogen-bond donors (Lipinski definition) is 2. The van der Waals surface area contributed by atoms with Crippen molar-refractivity contribution in [2.24, 2.45) is 0 Å². The second kappa shape index (κ2) is 5.51. The Morgan fingerprint density at radius 2 is 2.05 bits per heavy atom. The molecule has 1 aliphatic rings. The van der Waals surface area contributed by atoms with E-state index in [0.29, 0.717) is 12.8 Å². The first-order valence-electron chi connectivity index (χ1n) is 6.23. The summed E-state index contributed by atoms with van der Waals surface area (Å²) in [5.41, 5.74) is 0.242. The minimum atomic E-state index is -3.71. The van der Waals surface area contributed by atoms with E-state index in [1.807, 2.05) is 0 Å². The van der Waals surface area contributed by atoms with Crippen LogP contribution in [0.1, 0.15) is 28.8 Å². The van der Waals surface area contributed by atoms with Crippen LogP contribution < -0.4 is 4.72 Å². The van der Waals surface area contributed by atoms with Gasteiger partial charge in [0.1, 0.15) is 0 Å². The van der Waals surface area contributed by atoms with Gasteiger partial charge in [0.15, 0.2) is 0 Å². The number of benzene rings is 1. The molecule has 1 saturated carbocycles. The van der Waals surface area contributed by atoms with Gasteiger partial charge in [-0.05, 0) is 37.5 Å². The Balaban J connectivity index is 2.22. The molecule has 2 rings (SSSR count). The number of methoxy groups -OCH3 is 1. The summed E-state index contributed by atoms with van der Waals surface area (Å²) >= 11 is 0. The van der Waals surface area contributed by atoms with Crippen LogP contribution in [0.5, 0.6) is 0 Å². The average Bonchev–Trinajstić information content (AvgIpc) is 2.32. The van der Waals surface area contributed by atoms with E-state index < -0.39 is 16.0 Å². The summed E-state index contributed by atoms with van der Waals surface area (Å²) in [4.78, 5) is 11.1. The molecule has 0 aliphatic heterocycles. The van der Waals surface area contributed by atoms with Crippen molar-refractivity contribution in [1.29, 1.82) is 0 Å². The first kappa shape index (κ1) is 15.0. The molecule has 1 aromatic rings. The van der Waals surface area contributed by atoms with Crippen LogP contribution in [0.25, 0.3) is 0 Å². The summed E-state index contributed by atoms with van der Waals surface area (Å²) in [7, 11) is -2.11. The van der Waals surface area contributed by atoms with Crippen molar-refractivity contribution >= 4 is 16.0 Å². The molecule has 2 N–H and O–H groups in total. The number of aromatic carboxylic acids is 1. The smallest absolute Gasteiger partial charge is 0.335 e. The molecular formula is C13H17NO5S. The Bertz CT molecular complexity index is 620. The van der Waals surface area contributed by atoms with Crippen LogP contribution in [0.15, 0.2) is 23.1 Å². The number of carboxylic acids is 1. The van der Waals surface area contributed by atoms with Crippen LogP contribution in [-0.4, -0.2) is 38.7 Å². The fourth-order valence-corrected chi connectivity index (χ4v) is 3.80. The summed E-state index contributed by atoms with van der Waals surface area (Å²) in [5, 5.41) is 9.03. The molecule has 0 heterocycles. The number of carboxylic acid groups (broad SMARTS) is 1. The molecule has 0 spiro atoms. The lowest BCUT2D eigenvalue weighted by Crippen LogP contribution is -2.47. The molecule has 110 valence electrons. The number of sulfonamides is 1. The van der Waals surface area contributed by atoms with Crippen LogP contribution in [0, 0.1) is 6.92 Å². The van der Waals surface area contributed by atoms with Crippen molar-refractivity contribution < 1.29 is 23.1 Å². The fourth-order valence-electron chi connectivity index (χ4n) is 2.27. The minimum absolute atomic E-state index is 0.00347. The van der Waals surface area contributed by atoms with E-state index in [0.717, 1.165) is 0 Å². The summed E-state index contributed by atoms with van der Waals surface area (Å²) in [5.74, 6) is -1.14. The zero-order chi connectivity index (χ0) is 14.9. The summed E-state index contributed by atoms with van der Waals surface area (Å²) in [6.07, 6.45) is 1.36. The average molecular weight is 299 g/mol. The zero-order valence-electron chi connectivity index (χ0n) is 11.3. The van der Waals surface area contributed by atoms with Crippen LogP contribution >= 0.6 is 0 Å². The van der Waals surface area contributed by atoms with Crippen molar-refractivity contribution in [3.05, 3.63) is 29.3 Å². The predicted octanol–water partition coefficient (Wildman–Crippen LogP) is 1.15. The standard InChI is InChI=1S/C13H17NO5S/c1-8-11(13(15)16)4-3-5-12(8)20(17,18)14-9-6-10(7-9)19-2/h3-5,9-10,14H,6-7H2,1-2H3,(H,15,16). The quantitative estimate of drug-likeness (QED) is 0.850. The summed E-state index contributed by atoms with van der Waals surface area (Å²) in [6, 6.07) is 4.08. The highest BCUT2D eigenvalue weighted by Gasteiger charge is 2.33. The zero-order valence-corrected chi connectivity index (χ0v) is 12.1. The number of hydrogen-bond acceptors (Lipinski definition) is 4. The van der Waals surface area contributed by atoms with Crippen LogP contribution in [0.2, 0.25) is 0 Å². The third-order valence-corrected chi connectivity index (χ3v) is 5.22. The maximum absolute atomic E-state index is 12.3. The molecule has 1 fully saturated rings. The van der Waals surface area contributed by atoms with E-state index in [2.05, 4.69) is 4.72 Å². The first-order valence-corrected chi connectivity index (χ1v) is 7.71. The monoisotopic (exact) mass is 299 g/mol. The molecule has 0 amide bonds. The highest BCUT2D eigenvalue weighted by molar-refractivity contribution is 7.89. The Morgan fingerprint density at radius 1 is 1.40 bits per heavy atom. The van der Waals surface area contributed by atoms with Crippen LogP contribution in [0.3, 0.4) is 0 Å². The van der Waals surface area contributed by atoms with Gasteiger partial charge in [-0.2, -0.15) is 0 Å². The molecule has 7 heteroatoms. The van der Waals surface area contributed by atoms with Crippen molar-refractivity contribution in [1.82, 2.24) is 4.72 Å². The van der Waals surface area contributed by atoms with Gasteiger partial charge in [0, 0.05) is 13.2 Å². The van der Waals surface area contributed by atoms with E-state index in [4.69, 9.17) is 9.84 Å². The third kappa shape index (κ3) is 2.84. The van der Waals surface area contributed by atoms with Crippen molar-refractivity contribution in [3.8, 4) is 0 Å². The molecule has 0 aromatic heterocycles. The van der Waals surface area contributed by atoms with Crippen molar-refractivity contribution in [2.75, 3.05) is 7.11 Å². The molecule has 1 aliphatic carbocycles. The topological polar surface area (TPSA) is 92.7 Å². The highest BCUT2D eigenvalue weighted by atomic mass is 32.2. The Morgan fingerprint density at radius 3 is 2.60 bits per heavy atom.